The molecule has 0 bridgehead atoms. The molecule has 1 saturated heterocycles. The molecule has 2 amide bonds. The first-order chi connectivity index (χ1) is 15.2. The lowest BCUT2D eigenvalue weighted by atomic mass is 10.1. The summed E-state index contributed by atoms with van der Waals surface area (Å²) in [5.74, 6) is -2.60. The van der Waals surface area contributed by atoms with Gasteiger partial charge in [-0.2, -0.15) is 0 Å². The maximum Gasteiger partial charge on any atom is 0.341 e. The average Bonchev–Trinajstić information content (AvgIpc) is 3.22. The summed E-state index contributed by atoms with van der Waals surface area (Å²) in [4.78, 5) is 63.1. The second-order valence-electron chi connectivity index (χ2n) is 7.32. The molecule has 32 heavy (non-hydrogen) atoms. The van der Waals surface area contributed by atoms with Crippen molar-refractivity contribution in [2.24, 2.45) is 0 Å². The van der Waals surface area contributed by atoms with Crippen LogP contribution in [0, 0.1) is 0 Å². The van der Waals surface area contributed by atoms with E-state index in [1.54, 1.807) is 31.2 Å². The van der Waals surface area contributed by atoms with Gasteiger partial charge in [-0.15, -0.1) is 0 Å². The van der Waals surface area contributed by atoms with Crippen molar-refractivity contribution in [1.82, 2.24) is 10.3 Å². The molecule has 0 spiro atoms. The van der Waals surface area contributed by atoms with Crippen LogP contribution < -0.4 is 15.8 Å². The van der Waals surface area contributed by atoms with Gasteiger partial charge in [0.15, 0.2) is 0 Å². The molecule has 1 unspecified atom stereocenters. The van der Waals surface area contributed by atoms with Crippen LogP contribution in [-0.4, -0.2) is 52.5 Å². The van der Waals surface area contributed by atoms with Crippen LogP contribution in [0.5, 0.6) is 0 Å². The highest BCUT2D eigenvalue weighted by Crippen LogP contribution is 2.24. The molecule has 1 aliphatic heterocycles. The van der Waals surface area contributed by atoms with Crippen molar-refractivity contribution in [1.29, 1.82) is 0 Å². The maximum absolute atomic E-state index is 13.0. The lowest BCUT2D eigenvalue weighted by molar-refractivity contribution is -0.148. The van der Waals surface area contributed by atoms with Crippen molar-refractivity contribution < 1.29 is 29.0 Å². The first kappa shape index (κ1) is 22.9. The largest absolute Gasteiger partial charge is 0.477 e. The molecule has 2 heterocycles. The van der Waals surface area contributed by atoms with Gasteiger partial charge in [-0.05, 0) is 29.8 Å². The topological polar surface area (TPSA) is 146 Å². The fraction of sp³-hybridized carbons (Fsp3) is 0.318. The summed E-state index contributed by atoms with van der Waals surface area (Å²) in [5.41, 5.74) is 0.206. The van der Waals surface area contributed by atoms with Crippen LogP contribution in [0.2, 0.25) is 0 Å². The zero-order valence-corrected chi connectivity index (χ0v) is 17.6. The maximum atomic E-state index is 13.0. The summed E-state index contributed by atoms with van der Waals surface area (Å²) in [6.45, 7) is 3.29. The van der Waals surface area contributed by atoms with E-state index in [1.165, 1.54) is 19.1 Å². The number of nitrogens with zero attached hydrogens (tertiary/aromatic N) is 1. The number of esters is 1. The first-order valence-corrected chi connectivity index (χ1v) is 10.1. The number of ether oxygens (including phenoxy) is 1. The number of pyridine rings is 1. The van der Waals surface area contributed by atoms with Crippen LogP contribution in [0.4, 0.5) is 5.69 Å². The van der Waals surface area contributed by atoms with Gasteiger partial charge in [0.1, 0.15) is 11.7 Å². The number of aromatic nitrogens is 1. The number of rotatable bonds is 6. The zero-order valence-electron chi connectivity index (χ0n) is 17.6. The molecule has 168 valence electrons. The van der Waals surface area contributed by atoms with Crippen LogP contribution in [0.3, 0.4) is 0 Å². The number of aromatic carboxylic acids is 1. The van der Waals surface area contributed by atoms with Gasteiger partial charge in [-0.25, -0.2) is 9.69 Å². The molecule has 3 rings (SSSR count). The summed E-state index contributed by atoms with van der Waals surface area (Å²) in [5, 5.41) is 12.0. The lowest BCUT2D eigenvalue weighted by Gasteiger charge is -2.23. The molecule has 0 aliphatic carbocycles. The van der Waals surface area contributed by atoms with Crippen molar-refractivity contribution in [3.8, 4) is 11.3 Å². The molecular weight excluding hydrogens is 418 g/mol. The predicted molar refractivity (Wildman–Crippen MR) is 114 cm³/mol. The number of hydrogen-bond acceptors (Lipinski definition) is 7. The molecule has 1 aliphatic rings. The van der Waals surface area contributed by atoms with Crippen molar-refractivity contribution >= 4 is 29.4 Å². The first-order valence-electron chi connectivity index (χ1n) is 10.1. The van der Waals surface area contributed by atoms with Gasteiger partial charge in [-0.1, -0.05) is 19.1 Å². The molecule has 1 aromatic heterocycles. The highest BCUT2D eigenvalue weighted by atomic mass is 16.5. The molecular formula is C22H23N3O7. The minimum Gasteiger partial charge on any atom is -0.477 e. The smallest absolute Gasteiger partial charge is 0.341 e. The fourth-order valence-corrected chi connectivity index (χ4v) is 3.47. The van der Waals surface area contributed by atoms with E-state index in [1.807, 2.05) is 0 Å². The molecule has 0 radical (unpaired) electrons. The summed E-state index contributed by atoms with van der Waals surface area (Å²) in [7, 11) is 0. The monoisotopic (exact) mass is 441 g/mol. The third kappa shape index (κ3) is 4.92. The number of H-pyrrole nitrogens is 1. The quantitative estimate of drug-likeness (QED) is 0.569. The molecule has 3 N–H and O–H groups in total. The number of carbonyl (C=O) groups excluding carboxylic acids is 3. The normalized spacial score (nSPS) is 17.6. The standard InChI is InChI=1S/C22H23N3O7/c1-3-19(27)32-15-10-18(23-11-15)21(29)25(12(2)26)14-6-4-13(5-7-14)17-9-8-16(22(30)31)20(28)24-17/h4-9,15,18,23H,3,10-11H2,1-2H3,(H,24,28)(H,30,31)/t15?,18-/m0/s1. The highest BCUT2D eigenvalue weighted by Gasteiger charge is 2.36. The van der Waals surface area contributed by atoms with E-state index >= 15 is 0 Å². The van der Waals surface area contributed by atoms with Crippen LogP contribution in [0.25, 0.3) is 11.3 Å². The van der Waals surface area contributed by atoms with E-state index in [9.17, 15) is 24.0 Å². The molecule has 1 aromatic carbocycles. The van der Waals surface area contributed by atoms with Crippen molar-refractivity contribution in [2.75, 3.05) is 11.4 Å². The molecule has 2 atom stereocenters. The number of carbonyl (C=O) groups is 4. The minimum absolute atomic E-state index is 0.241. The van der Waals surface area contributed by atoms with Crippen molar-refractivity contribution in [3.05, 3.63) is 52.3 Å². The van der Waals surface area contributed by atoms with Crippen molar-refractivity contribution in [3.63, 3.8) is 0 Å². The Bertz CT molecular complexity index is 1110. The number of nitrogens with one attached hydrogen (secondary N) is 2. The Labute approximate surface area is 183 Å². The van der Waals surface area contributed by atoms with Gasteiger partial charge >= 0.3 is 11.9 Å². The summed E-state index contributed by atoms with van der Waals surface area (Å²) in [6.07, 6.45) is 0.0766. The van der Waals surface area contributed by atoms with Gasteiger partial charge in [0, 0.05) is 32.0 Å². The SMILES string of the molecule is CCC(=O)OC1CN[C@H](C(=O)N(C(C)=O)c2ccc(-c3ccc(C(=O)O)c(=O)[nH]3)cc2)C1. The van der Waals surface area contributed by atoms with Crippen molar-refractivity contribution in [2.45, 2.75) is 38.8 Å². The second-order valence-corrected chi connectivity index (χ2v) is 7.32. The van der Waals surface area contributed by atoms with E-state index in [-0.39, 0.29) is 24.4 Å². The van der Waals surface area contributed by atoms with Gasteiger partial charge in [0.25, 0.3) is 11.5 Å². The van der Waals surface area contributed by atoms with Gasteiger partial charge in [0.2, 0.25) is 5.91 Å². The van der Waals surface area contributed by atoms with E-state index in [2.05, 4.69) is 10.3 Å². The molecule has 1 fully saturated rings. The van der Waals surface area contributed by atoms with Gasteiger partial charge in [-0.3, -0.25) is 19.2 Å². The summed E-state index contributed by atoms with van der Waals surface area (Å²) >= 11 is 0. The minimum atomic E-state index is -1.32. The number of hydrogen-bond donors (Lipinski definition) is 3. The number of amides is 2. The van der Waals surface area contributed by atoms with Crippen LogP contribution >= 0.6 is 0 Å². The van der Waals surface area contributed by atoms with Gasteiger partial charge < -0.3 is 20.1 Å². The zero-order chi connectivity index (χ0) is 23.4. The Morgan fingerprint density at radius 1 is 1.12 bits per heavy atom. The average molecular weight is 441 g/mol. The van der Waals surface area contributed by atoms with E-state index in [0.717, 1.165) is 4.90 Å². The fourth-order valence-electron chi connectivity index (χ4n) is 3.47. The Morgan fingerprint density at radius 3 is 2.38 bits per heavy atom. The number of anilines is 1. The number of benzene rings is 1. The van der Waals surface area contributed by atoms with E-state index < -0.39 is 35.5 Å². The number of carboxylic acids is 1. The Hall–Kier alpha value is -3.79. The molecule has 10 nitrogen and oxygen atoms in total. The third-order valence-electron chi connectivity index (χ3n) is 5.09. The lowest BCUT2D eigenvalue weighted by Crippen LogP contribution is -2.46. The Morgan fingerprint density at radius 2 is 1.81 bits per heavy atom. The van der Waals surface area contributed by atoms with Gasteiger partial charge in [0.05, 0.1) is 11.7 Å². The van der Waals surface area contributed by atoms with Crippen LogP contribution in [0.15, 0.2) is 41.2 Å². The third-order valence-corrected chi connectivity index (χ3v) is 5.09. The number of imide groups is 1. The molecule has 2 aromatic rings. The van der Waals surface area contributed by atoms with E-state index in [0.29, 0.717) is 23.5 Å². The molecule has 10 heteroatoms. The van der Waals surface area contributed by atoms with Crippen LogP contribution in [0.1, 0.15) is 37.0 Å². The predicted octanol–water partition coefficient (Wildman–Crippen LogP) is 1.30. The Balaban J connectivity index is 1.78. The summed E-state index contributed by atoms with van der Waals surface area (Å²) < 4.78 is 5.26. The number of aromatic amines is 1. The van der Waals surface area contributed by atoms with E-state index in [4.69, 9.17) is 9.84 Å². The number of carboxylic acid groups (broad SMARTS) is 1. The Kier molecular flexibility index (Phi) is 6.84. The summed E-state index contributed by atoms with van der Waals surface area (Å²) in [6, 6.07) is 8.34. The van der Waals surface area contributed by atoms with Crippen LogP contribution in [-0.2, 0) is 19.1 Å². The second kappa shape index (κ2) is 9.56. The highest BCUT2D eigenvalue weighted by molar-refractivity contribution is 6.16. The molecule has 0 saturated carbocycles.